The third kappa shape index (κ3) is 4.47. The van der Waals surface area contributed by atoms with Crippen molar-refractivity contribution in [2.75, 3.05) is 13.1 Å². The first-order chi connectivity index (χ1) is 12.4. The number of β-amino-alcohol motifs (C(OH)–C–C–N with tert-alkyl or cyclic N) is 1. The number of nitrogens with one attached hydrogen (secondary N) is 2. The van der Waals surface area contributed by atoms with E-state index in [0.717, 1.165) is 29.4 Å². The lowest BCUT2D eigenvalue weighted by Gasteiger charge is -2.36. The third-order valence-electron chi connectivity index (χ3n) is 4.79. The predicted molar refractivity (Wildman–Crippen MR) is 93.2 cm³/mol. The minimum Gasteiger partial charge on any atom is -0.390 e. The van der Waals surface area contributed by atoms with Crippen LogP contribution in [0.2, 0.25) is 0 Å². The number of piperidine rings is 1. The molecule has 26 heavy (non-hydrogen) atoms. The first-order valence-electron chi connectivity index (χ1n) is 8.91. The van der Waals surface area contributed by atoms with E-state index in [-0.39, 0.29) is 11.9 Å². The number of aromatic nitrogens is 4. The SMILES string of the molecule is Cc1nc(CCC(=O)N[C@@H]2CCN(Cc3c(C)noc3C)C[C@H]2O)n[nH]1. The Morgan fingerprint density at radius 3 is 2.85 bits per heavy atom. The minimum absolute atomic E-state index is 0.0873. The van der Waals surface area contributed by atoms with E-state index < -0.39 is 6.10 Å². The number of hydrogen-bond donors (Lipinski definition) is 3. The van der Waals surface area contributed by atoms with E-state index in [1.54, 1.807) is 0 Å². The van der Waals surface area contributed by atoms with E-state index in [9.17, 15) is 9.90 Å². The number of rotatable bonds is 6. The van der Waals surface area contributed by atoms with Crippen LogP contribution < -0.4 is 5.32 Å². The monoisotopic (exact) mass is 362 g/mol. The molecular formula is C17H26N6O3. The summed E-state index contributed by atoms with van der Waals surface area (Å²) in [6.45, 7) is 7.65. The summed E-state index contributed by atoms with van der Waals surface area (Å²) in [5, 5.41) is 24.1. The van der Waals surface area contributed by atoms with Crippen molar-refractivity contribution in [2.24, 2.45) is 0 Å². The molecule has 9 heteroatoms. The van der Waals surface area contributed by atoms with Crippen LogP contribution in [0.5, 0.6) is 0 Å². The quantitative estimate of drug-likeness (QED) is 0.680. The van der Waals surface area contributed by atoms with Gasteiger partial charge in [0.05, 0.1) is 17.8 Å². The molecule has 1 saturated heterocycles. The molecule has 3 N–H and O–H groups in total. The van der Waals surface area contributed by atoms with E-state index in [1.807, 2.05) is 20.8 Å². The molecule has 3 rings (SSSR count). The number of aryl methyl sites for hydroxylation is 4. The summed E-state index contributed by atoms with van der Waals surface area (Å²) in [5.74, 6) is 2.10. The maximum atomic E-state index is 12.1. The summed E-state index contributed by atoms with van der Waals surface area (Å²) in [6, 6.07) is -0.225. The third-order valence-corrected chi connectivity index (χ3v) is 4.79. The van der Waals surface area contributed by atoms with Gasteiger partial charge >= 0.3 is 0 Å². The van der Waals surface area contributed by atoms with Crippen LogP contribution in [0.15, 0.2) is 4.52 Å². The molecule has 2 aromatic rings. The Morgan fingerprint density at radius 1 is 1.42 bits per heavy atom. The van der Waals surface area contributed by atoms with Gasteiger partial charge in [0.2, 0.25) is 5.91 Å². The van der Waals surface area contributed by atoms with E-state index in [0.29, 0.717) is 38.2 Å². The van der Waals surface area contributed by atoms with Crippen molar-refractivity contribution < 1.29 is 14.4 Å². The number of carbonyl (C=O) groups is 1. The molecule has 1 aliphatic heterocycles. The van der Waals surface area contributed by atoms with Gasteiger partial charge in [0.1, 0.15) is 11.6 Å². The predicted octanol–water partition coefficient (Wildman–Crippen LogP) is 0.402. The van der Waals surface area contributed by atoms with Crippen LogP contribution in [0.25, 0.3) is 0 Å². The molecule has 0 aromatic carbocycles. The number of carbonyl (C=O) groups excluding carboxylic acids is 1. The largest absolute Gasteiger partial charge is 0.390 e. The van der Waals surface area contributed by atoms with Gasteiger partial charge in [0, 0.05) is 38.0 Å². The van der Waals surface area contributed by atoms with Crippen LogP contribution in [0, 0.1) is 20.8 Å². The average molecular weight is 362 g/mol. The van der Waals surface area contributed by atoms with E-state index in [1.165, 1.54) is 0 Å². The maximum Gasteiger partial charge on any atom is 0.220 e. The lowest BCUT2D eigenvalue weighted by atomic mass is 10.0. The van der Waals surface area contributed by atoms with Crippen LogP contribution in [-0.4, -0.2) is 61.5 Å². The van der Waals surface area contributed by atoms with Crippen molar-refractivity contribution in [3.8, 4) is 0 Å². The lowest BCUT2D eigenvalue weighted by Crippen LogP contribution is -2.53. The van der Waals surface area contributed by atoms with Gasteiger partial charge in [-0.1, -0.05) is 5.16 Å². The van der Waals surface area contributed by atoms with Gasteiger partial charge in [-0.25, -0.2) is 4.98 Å². The summed E-state index contributed by atoms with van der Waals surface area (Å²) in [4.78, 5) is 18.5. The maximum absolute atomic E-state index is 12.1. The Hall–Kier alpha value is -2.26. The molecule has 0 spiro atoms. The number of nitrogens with zero attached hydrogens (tertiary/aromatic N) is 4. The van der Waals surface area contributed by atoms with Crippen LogP contribution >= 0.6 is 0 Å². The molecule has 1 fully saturated rings. The Labute approximate surface area is 152 Å². The molecule has 1 aliphatic rings. The smallest absolute Gasteiger partial charge is 0.220 e. The Bertz CT molecular complexity index is 736. The van der Waals surface area contributed by atoms with Crippen molar-refractivity contribution in [3.05, 3.63) is 28.7 Å². The number of amides is 1. The van der Waals surface area contributed by atoms with Gasteiger partial charge in [-0.05, 0) is 27.2 Å². The molecule has 0 radical (unpaired) electrons. The first kappa shape index (κ1) is 18.5. The van der Waals surface area contributed by atoms with Crippen LogP contribution in [-0.2, 0) is 17.8 Å². The molecule has 1 amide bonds. The fraction of sp³-hybridized carbons (Fsp3) is 0.647. The number of hydrogen-bond acceptors (Lipinski definition) is 7. The molecule has 142 valence electrons. The lowest BCUT2D eigenvalue weighted by molar-refractivity contribution is -0.123. The van der Waals surface area contributed by atoms with Gasteiger partial charge in [0.25, 0.3) is 0 Å². The molecule has 2 aromatic heterocycles. The highest BCUT2D eigenvalue weighted by Crippen LogP contribution is 2.19. The van der Waals surface area contributed by atoms with Crippen molar-refractivity contribution >= 4 is 5.91 Å². The molecular weight excluding hydrogens is 336 g/mol. The fourth-order valence-electron chi connectivity index (χ4n) is 3.27. The van der Waals surface area contributed by atoms with Gasteiger partial charge in [-0.2, -0.15) is 5.10 Å². The zero-order chi connectivity index (χ0) is 18.7. The molecule has 3 heterocycles. The van der Waals surface area contributed by atoms with Gasteiger partial charge < -0.3 is 14.9 Å². The fourth-order valence-corrected chi connectivity index (χ4v) is 3.27. The van der Waals surface area contributed by atoms with Gasteiger partial charge in [0.15, 0.2) is 5.82 Å². The van der Waals surface area contributed by atoms with Crippen molar-refractivity contribution in [1.82, 2.24) is 30.6 Å². The topological polar surface area (TPSA) is 120 Å². The highest BCUT2D eigenvalue weighted by atomic mass is 16.5. The summed E-state index contributed by atoms with van der Waals surface area (Å²) in [6.07, 6.45) is 0.898. The Kier molecular flexibility index (Phi) is 5.67. The summed E-state index contributed by atoms with van der Waals surface area (Å²) in [7, 11) is 0. The highest BCUT2D eigenvalue weighted by Gasteiger charge is 2.29. The molecule has 9 nitrogen and oxygen atoms in total. The van der Waals surface area contributed by atoms with E-state index in [4.69, 9.17) is 4.52 Å². The minimum atomic E-state index is -0.598. The Balaban J connectivity index is 1.45. The second-order valence-electron chi connectivity index (χ2n) is 6.90. The summed E-state index contributed by atoms with van der Waals surface area (Å²) in [5.41, 5.74) is 1.95. The number of H-pyrrole nitrogens is 1. The van der Waals surface area contributed by atoms with Gasteiger partial charge in [-0.15, -0.1) is 0 Å². The number of aromatic amines is 1. The zero-order valence-corrected chi connectivity index (χ0v) is 15.4. The van der Waals surface area contributed by atoms with Crippen LogP contribution in [0.3, 0.4) is 0 Å². The standard InChI is InChI=1S/C17H26N6O3/c1-10-13(11(2)26-22-10)8-23-7-6-14(15(24)9-23)19-17(25)5-4-16-18-12(3)20-21-16/h14-15,24H,4-9H2,1-3H3,(H,19,25)(H,18,20,21)/t14-,15-/m1/s1. The highest BCUT2D eigenvalue weighted by molar-refractivity contribution is 5.76. The molecule has 2 atom stereocenters. The first-order valence-corrected chi connectivity index (χ1v) is 8.91. The second-order valence-corrected chi connectivity index (χ2v) is 6.90. The average Bonchev–Trinajstić information content (AvgIpc) is 3.15. The summed E-state index contributed by atoms with van der Waals surface area (Å²) >= 11 is 0. The number of aliphatic hydroxyl groups excluding tert-OH is 1. The van der Waals surface area contributed by atoms with Crippen LogP contribution in [0.4, 0.5) is 0 Å². The number of likely N-dealkylation sites (tertiary alicyclic amines) is 1. The van der Waals surface area contributed by atoms with Gasteiger partial charge in [-0.3, -0.25) is 14.8 Å². The van der Waals surface area contributed by atoms with Crippen molar-refractivity contribution in [1.29, 1.82) is 0 Å². The molecule has 0 saturated carbocycles. The molecule has 0 unspecified atom stereocenters. The zero-order valence-electron chi connectivity index (χ0n) is 15.4. The normalized spacial score (nSPS) is 21.1. The van der Waals surface area contributed by atoms with E-state index >= 15 is 0 Å². The molecule has 0 aliphatic carbocycles. The molecule has 0 bridgehead atoms. The second kappa shape index (κ2) is 7.96. The van der Waals surface area contributed by atoms with Crippen LogP contribution in [0.1, 0.15) is 41.5 Å². The number of aliphatic hydroxyl groups is 1. The Morgan fingerprint density at radius 2 is 2.23 bits per heavy atom. The van der Waals surface area contributed by atoms with E-state index in [2.05, 4.69) is 30.6 Å². The summed E-state index contributed by atoms with van der Waals surface area (Å²) < 4.78 is 5.19. The van der Waals surface area contributed by atoms with Crippen molar-refractivity contribution in [2.45, 2.75) is 58.7 Å². The van der Waals surface area contributed by atoms with Crippen molar-refractivity contribution in [3.63, 3.8) is 0 Å².